The maximum absolute atomic E-state index is 13.0. The van der Waals surface area contributed by atoms with Crippen LogP contribution in [0.15, 0.2) is 70.1 Å². The smallest absolute Gasteiger partial charge is 0.338 e. The average Bonchev–Trinajstić information content (AvgIpc) is 3.34. The van der Waals surface area contributed by atoms with Crippen LogP contribution < -0.4 is 0 Å². The molecule has 2 heterocycles. The molecule has 5 rings (SSSR count). The predicted molar refractivity (Wildman–Crippen MR) is 134 cm³/mol. The lowest BCUT2D eigenvalue weighted by Gasteiger charge is -2.11. The molecular formula is C27H24N2O5S. The fourth-order valence-electron chi connectivity index (χ4n) is 4.68. The summed E-state index contributed by atoms with van der Waals surface area (Å²) in [6, 6.07) is 18.8. The summed E-state index contributed by atoms with van der Waals surface area (Å²) in [5, 5.41) is 5.39. The molecule has 178 valence electrons. The van der Waals surface area contributed by atoms with E-state index in [1.807, 2.05) is 50.2 Å². The number of benzene rings is 3. The number of hydrogen-bond donors (Lipinski definition) is 0. The van der Waals surface area contributed by atoms with Crippen molar-refractivity contribution in [2.45, 2.75) is 25.3 Å². The second-order valence-corrected chi connectivity index (χ2v) is 10.6. The van der Waals surface area contributed by atoms with Crippen LogP contribution in [-0.2, 0) is 21.1 Å². The lowest BCUT2D eigenvalue weighted by molar-refractivity contribution is 0.0603. The molecule has 2 aromatic heterocycles. The summed E-state index contributed by atoms with van der Waals surface area (Å²) in [4.78, 5) is 13.2. The van der Waals surface area contributed by atoms with Gasteiger partial charge in [0, 0.05) is 34.7 Å². The van der Waals surface area contributed by atoms with Crippen LogP contribution in [0.4, 0.5) is 0 Å². The number of esters is 1. The van der Waals surface area contributed by atoms with Gasteiger partial charge >= 0.3 is 5.97 Å². The lowest BCUT2D eigenvalue weighted by Crippen LogP contribution is -2.04. The minimum absolute atomic E-state index is 0.189. The predicted octanol–water partition coefficient (Wildman–Crippen LogP) is 5.30. The monoisotopic (exact) mass is 488 g/mol. The van der Waals surface area contributed by atoms with Gasteiger partial charge in [-0.3, -0.25) is 0 Å². The quantitative estimate of drug-likeness (QED) is 0.312. The molecule has 5 aromatic rings. The van der Waals surface area contributed by atoms with Crippen molar-refractivity contribution in [2.75, 3.05) is 13.4 Å². The Bertz CT molecular complexity index is 1690. The summed E-state index contributed by atoms with van der Waals surface area (Å²) in [7, 11) is -2.12. The Labute approximate surface area is 202 Å². The van der Waals surface area contributed by atoms with Gasteiger partial charge in [-0.1, -0.05) is 35.5 Å². The normalized spacial score (nSPS) is 11.9. The minimum Gasteiger partial charge on any atom is -0.465 e. The van der Waals surface area contributed by atoms with Crippen molar-refractivity contribution in [1.29, 1.82) is 0 Å². The van der Waals surface area contributed by atoms with E-state index >= 15 is 0 Å². The zero-order valence-corrected chi connectivity index (χ0v) is 20.6. The Kier molecular flexibility index (Phi) is 5.48. The van der Waals surface area contributed by atoms with E-state index in [4.69, 9.17) is 9.26 Å². The maximum Gasteiger partial charge on any atom is 0.338 e. The zero-order valence-electron chi connectivity index (χ0n) is 19.8. The number of nitrogens with zero attached hydrogens (tertiary/aromatic N) is 2. The van der Waals surface area contributed by atoms with Crippen molar-refractivity contribution >= 4 is 37.6 Å². The number of rotatable bonds is 5. The van der Waals surface area contributed by atoms with Gasteiger partial charge in [0.1, 0.15) is 5.76 Å². The molecule has 0 spiro atoms. The Balaban J connectivity index is 1.93. The van der Waals surface area contributed by atoms with Crippen LogP contribution in [-0.4, -0.2) is 37.5 Å². The second-order valence-electron chi connectivity index (χ2n) is 8.63. The van der Waals surface area contributed by atoms with Gasteiger partial charge in [0.15, 0.2) is 9.84 Å². The molecule has 35 heavy (non-hydrogen) atoms. The Morgan fingerprint density at radius 3 is 2.40 bits per heavy atom. The number of sulfone groups is 1. The first-order valence-corrected chi connectivity index (χ1v) is 12.9. The summed E-state index contributed by atoms with van der Waals surface area (Å²) in [5.41, 5.74) is 5.32. The van der Waals surface area contributed by atoms with E-state index in [-0.39, 0.29) is 4.90 Å². The fourth-order valence-corrected chi connectivity index (χ4v) is 5.33. The molecule has 0 N–H and O–H groups in total. The largest absolute Gasteiger partial charge is 0.465 e. The molecular weight excluding hydrogens is 464 g/mol. The Morgan fingerprint density at radius 2 is 1.77 bits per heavy atom. The van der Waals surface area contributed by atoms with E-state index < -0.39 is 15.8 Å². The summed E-state index contributed by atoms with van der Waals surface area (Å²) < 4.78 is 37.3. The van der Waals surface area contributed by atoms with E-state index in [1.165, 1.54) is 13.4 Å². The molecule has 3 aromatic carbocycles. The van der Waals surface area contributed by atoms with Gasteiger partial charge in [-0.05, 0) is 55.3 Å². The van der Waals surface area contributed by atoms with E-state index in [0.29, 0.717) is 34.3 Å². The molecule has 0 saturated heterocycles. The molecule has 0 radical (unpaired) electrons. The molecule has 7 nitrogen and oxygen atoms in total. The van der Waals surface area contributed by atoms with Crippen LogP contribution in [0.2, 0.25) is 0 Å². The lowest BCUT2D eigenvalue weighted by atomic mass is 9.97. The highest BCUT2D eigenvalue weighted by Crippen LogP contribution is 2.38. The van der Waals surface area contributed by atoms with Crippen LogP contribution in [0, 0.1) is 13.8 Å². The van der Waals surface area contributed by atoms with Crippen molar-refractivity contribution in [3.8, 4) is 11.1 Å². The standard InChI is InChI=1S/C27H24N2O5S/c1-16-25(17(2)34-28-16)19-12-22(27(30)33-3)26-21-14-20(35(4,31)32)10-11-23(21)29(24(26)13-19)15-18-8-6-5-7-9-18/h5-14H,15H2,1-4H3. The highest BCUT2D eigenvalue weighted by atomic mass is 32.2. The molecule has 0 amide bonds. The van der Waals surface area contributed by atoms with Gasteiger partial charge in [0.05, 0.1) is 28.8 Å². The summed E-state index contributed by atoms with van der Waals surface area (Å²) in [6.07, 6.45) is 1.17. The van der Waals surface area contributed by atoms with Crippen LogP contribution >= 0.6 is 0 Å². The van der Waals surface area contributed by atoms with Gasteiger partial charge < -0.3 is 13.8 Å². The van der Waals surface area contributed by atoms with Gasteiger partial charge in [-0.15, -0.1) is 0 Å². The van der Waals surface area contributed by atoms with Crippen LogP contribution in [0.5, 0.6) is 0 Å². The van der Waals surface area contributed by atoms with Crippen molar-refractivity contribution in [2.24, 2.45) is 0 Å². The highest BCUT2D eigenvalue weighted by molar-refractivity contribution is 7.90. The van der Waals surface area contributed by atoms with Crippen molar-refractivity contribution < 1.29 is 22.5 Å². The first kappa shape index (κ1) is 22.9. The van der Waals surface area contributed by atoms with Gasteiger partial charge in [0.2, 0.25) is 0 Å². The van der Waals surface area contributed by atoms with Crippen molar-refractivity contribution in [1.82, 2.24) is 9.72 Å². The molecule has 0 bridgehead atoms. The van der Waals surface area contributed by atoms with E-state index in [2.05, 4.69) is 9.72 Å². The van der Waals surface area contributed by atoms with Gasteiger partial charge in [0.25, 0.3) is 0 Å². The first-order valence-electron chi connectivity index (χ1n) is 11.0. The third-order valence-electron chi connectivity index (χ3n) is 6.28. The number of fused-ring (bicyclic) bond motifs is 3. The third-order valence-corrected chi connectivity index (χ3v) is 7.39. The highest BCUT2D eigenvalue weighted by Gasteiger charge is 2.23. The molecule has 0 aliphatic heterocycles. The van der Waals surface area contributed by atoms with Gasteiger partial charge in [-0.25, -0.2) is 13.2 Å². The summed E-state index contributed by atoms with van der Waals surface area (Å²) in [5.74, 6) is 0.134. The molecule has 0 atom stereocenters. The number of aryl methyl sites for hydroxylation is 2. The molecule has 0 saturated carbocycles. The van der Waals surface area contributed by atoms with Crippen molar-refractivity contribution in [3.05, 3.63) is 83.2 Å². The fraction of sp³-hybridized carbons (Fsp3) is 0.185. The third kappa shape index (κ3) is 3.89. The summed E-state index contributed by atoms with van der Waals surface area (Å²) >= 11 is 0. The van der Waals surface area contributed by atoms with Crippen LogP contribution in [0.3, 0.4) is 0 Å². The first-order chi connectivity index (χ1) is 16.7. The molecule has 0 aliphatic carbocycles. The molecule has 0 fully saturated rings. The van der Waals surface area contributed by atoms with E-state index in [1.54, 1.807) is 24.3 Å². The Morgan fingerprint density at radius 1 is 1.03 bits per heavy atom. The Hall–Kier alpha value is -3.91. The van der Waals surface area contributed by atoms with Crippen LogP contribution in [0.25, 0.3) is 32.9 Å². The molecule has 8 heteroatoms. The second kappa shape index (κ2) is 8.39. The summed E-state index contributed by atoms with van der Waals surface area (Å²) in [6.45, 7) is 4.21. The number of carbonyl (C=O) groups excluding carboxylic acids is 1. The SMILES string of the molecule is COC(=O)c1cc(-c2c(C)noc2C)cc2c1c1cc(S(C)(=O)=O)ccc1n2Cc1ccccc1. The number of carbonyl (C=O) groups is 1. The van der Waals surface area contributed by atoms with Crippen molar-refractivity contribution in [3.63, 3.8) is 0 Å². The minimum atomic E-state index is -3.45. The number of hydrogen-bond acceptors (Lipinski definition) is 6. The maximum atomic E-state index is 13.0. The average molecular weight is 489 g/mol. The number of methoxy groups -OCH3 is 1. The topological polar surface area (TPSA) is 91.4 Å². The van der Waals surface area contributed by atoms with Gasteiger partial charge in [-0.2, -0.15) is 0 Å². The van der Waals surface area contributed by atoms with E-state index in [0.717, 1.165) is 27.7 Å². The van der Waals surface area contributed by atoms with Crippen LogP contribution in [0.1, 0.15) is 27.4 Å². The number of aromatic nitrogens is 2. The van der Waals surface area contributed by atoms with E-state index in [9.17, 15) is 13.2 Å². The molecule has 0 aliphatic rings. The molecule has 0 unspecified atom stereocenters. The number of ether oxygens (including phenoxy) is 1. The zero-order chi connectivity index (χ0) is 24.9.